The van der Waals surface area contributed by atoms with Crippen molar-refractivity contribution in [3.8, 4) is 0 Å². The molecular weight excluding hydrogens is 222 g/mol. The van der Waals surface area contributed by atoms with E-state index in [-0.39, 0.29) is 6.42 Å². The number of halogens is 2. The zero-order chi connectivity index (χ0) is 13.1. The van der Waals surface area contributed by atoms with Gasteiger partial charge in [-0.15, -0.1) is 0 Å². The van der Waals surface area contributed by atoms with Gasteiger partial charge in [-0.2, -0.15) is 8.78 Å². The Kier molecular flexibility index (Phi) is 9.33. The maximum Gasteiger partial charge on any atom is 0.291 e. The number of aliphatic hydroxyl groups is 1. The molecule has 0 aromatic rings. The van der Waals surface area contributed by atoms with Crippen LogP contribution in [0.25, 0.3) is 0 Å². The van der Waals surface area contributed by atoms with E-state index in [2.05, 4.69) is 13.5 Å². The van der Waals surface area contributed by atoms with Crippen LogP contribution in [0.15, 0.2) is 12.7 Å². The molecule has 102 valence electrons. The van der Waals surface area contributed by atoms with Crippen LogP contribution in [0, 0.1) is 0 Å². The predicted molar refractivity (Wildman–Crippen MR) is 68.4 cm³/mol. The van der Waals surface area contributed by atoms with Gasteiger partial charge in [0, 0.05) is 0 Å². The van der Waals surface area contributed by atoms with Crippen molar-refractivity contribution < 1.29 is 13.9 Å². The van der Waals surface area contributed by atoms with Crippen molar-refractivity contribution in [2.24, 2.45) is 0 Å². The van der Waals surface area contributed by atoms with Crippen LogP contribution < -0.4 is 0 Å². The van der Waals surface area contributed by atoms with Gasteiger partial charge in [-0.05, 0) is 12.5 Å². The molecule has 0 saturated carbocycles. The predicted octanol–water partition coefficient (Wildman–Crippen LogP) is 4.70. The van der Waals surface area contributed by atoms with Crippen molar-refractivity contribution >= 4 is 0 Å². The Labute approximate surface area is 104 Å². The van der Waals surface area contributed by atoms with E-state index in [0.717, 1.165) is 12.8 Å². The summed E-state index contributed by atoms with van der Waals surface area (Å²) in [5.41, 5.74) is 0. The molecule has 1 N–H and O–H groups in total. The molecule has 0 rings (SSSR count). The van der Waals surface area contributed by atoms with Gasteiger partial charge in [0.25, 0.3) is 5.92 Å². The van der Waals surface area contributed by atoms with E-state index in [1.165, 1.54) is 32.1 Å². The van der Waals surface area contributed by atoms with E-state index in [1.54, 1.807) is 0 Å². The molecule has 0 fully saturated rings. The number of hydrogen-bond donors (Lipinski definition) is 1. The van der Waals surface area contributed by atoms with Gasteiger partial charge in [-0.1, -0.05) is 64.9 Å². The molecule has 0 aromatic carbocycles. The second kappa shape index (κ2) is 9.58. The average molecular weight is 248 g/mol. The highest BCUT2D eigenvalue weighted by Crippen LogP contribution is 2.23. The van der Waals surface area contributed by atoms with Crippen molar-refractivity contribution in [3.63, 3.8) is 0 Å². The van der Waals surface area contributed by atoms with Gasteiger partial charge in [0.15, 0.2) is 0 Å². The monoisotopic (exact) mass is 248 g/mol. The quantitative estimate of drug-likeness (QED) is 0.415. The lowest BCUT2D eigenvalue weighted by Gasteiger charge is -2.18. The summed E-state index contributed by atoms with van der Waals surface area (Å²) in [6, 6.07) is 0. The normalized spacial score (nSPS) is 13.6. The molecule has 0 aliphatic rings. The Hall–Kier alpha value is -0.440. The van der Waals surface area contributed by atoms with Gasteiger partial charge in [0.05, 0.1) is 0 Å². The van der Waals surface area contributed by atoms with Crippen LogP contribution in [-0.4, -0.2) is 17.1 Å². The molecule has 0 saturated heterocycles. The zero-order valence-electron chi connectivity index (χ0n) is 10.9. The van der Waals surface area contributed by atoms with Crippen LogP contribution in [-0.2, 0) is 0 Å². The van der Waals surface area contributed by atoms with Crippen LogP contribution >= 0.6 is 0 Å². The first-order valence-electron chi connectivity index (χ1n) is 6.74. The number of rotatable bonds is 11. The third-order valence-corrected chi connectivity index (χ3v) is 3.05. The molecular formula is C14H26F2O. The topological polar surface area (TPSA) is 20.2 Å². The van der Waals surface area contributed by atoms with Crippen LogP contribution in [0.3, 0.4) is 0 Å². The molecule has 3 heteroatoms. The lowest BCUT2D eigenvalue weighted by Crippen LogP contribution is -2.30. The average Bonchev–Trinajstić information content (AvgIpc) is 2.32. The molecule has 0 spiro atoms. The van der Waals surface area contributed by atoms with Gasteiger partial charge >= 0.3 is 0 Å². The fourth-order valence-corrected chi connectivity index (χ4v) is 1.80. The van der Waals surface area contributed by atoms with E-state index < -0.39 is 12.0 Å². The third kappa shape index (κ3) is 8.31. The van der Waals surface area contributed by atoms with Gasteiger partial charge in [-0.3, -0.25) is 0 Å². The summed E-state index contributed by atoms with van der Waals surface area (Å²) in [5.74, 6) is -3.14. The Balaban J connectivity index is 3.36. The maximum absolute atomic E-state index is 12.9. The standard InChI is InChI=1S/C14H26F2O/c1-3-5-6-7-8-9-10-11-12-13(17)14(15,16)4-2/h4,13,17H,2-3,5-12H2,1H3. The molecule has 0 aliphatic heterocycles. The summed E-state index contributed by atoms with van der Waals surface area (Å²) in [6.45, 7) is 5.21. The molecule has 0 heterocycles. The Morgan fingerprint density at radius 2 is 1.53 bits per heavy atom. The van der Waals surface area contributed by atoms with Crippen molar-refractivity contribution in [1.82, 2.24) is 0 Å². The zero-order valence-corrected chi connectivity index (χ0v) is 10.9. The van der Waals surface area contributed by atoms with E-state index in [9.17, 15) is 13.9 Å². The summed E-state index contributed by atoms with van der Waals surface area (Å²) in [5, 5.41) is 9.23. The number of unbranched alkanes of at least 4 members (excludes halogenated alkanes) is 7. The highest BCUT2D eigenvalue weighted by Gasteiger charge is 2.33. The second-order valence-corrected chi connectivity index (χ2v) is 4.66. The molecule has 17 heavy (non-hydrogen) atoms. The van der Waals surface area contributed by atoms with E-state index in [4.69, 9.17) is 0 Å². The number of aliphatic hydroxyl groups excluding tert-OH is 1. The van der Waals surface area contributed by atoms with Gasteiger partial charge in [0.1, 0.15) is 6.10 Å². The highest BCUT2D eigenvalue weighted by atomic mass is 19.3. The van der Waals surface area contributed by atoms with Crippen molar-refractivity contribution in [3.05, 3.63) is 12.7 Å². The number of alkyl halides is 2. The lowest BCUT2D eigenvalue weighted by molar-refractivity contribution is -0.0730. The highest BCUT2D eigenvalue weighted by molar-refractivity contribution is 4.92. The van der Waals surface area contributed by atoms with Crippen LogP contribution in [0.4, 0.5) is 8.78 Å². The largest absolute Gasteiger partial charge is 0.386 e. The molecule has 0 aliphatic carbocycles. The van der Waals surface area contributed by atoms with Crippen molar-refractivity contribution in [1.29, 1.82) is 0 Å². The smallest absolute Gasteiger partial charge is 0.291 e. The SMILES string of the molecule is C=CC(F)(F)C(O)CCCCCCCCCC. The molecule has 1 atom stereocenters. The lowest BCUT2D eigenvalue weighted by atomic mass is 10.0. The summed E-state index contributed by atoms with van der Waals surface area (Å²) in [4.78, 5) is 0. The van der Waals surface area contributed by atoms with Gasteiger partial charge < -0.3 is 5.11 Å². The Morgan fingerprint density at radius 1 is 1.06 bits per heavy atom. The summed E-state index contributed by atoms with van der Waals surface area (Å²) in [6.07, 6.45) is 8.00. The molecule has 1 nitrogen and oxygen atoms in total. The summed E-state index contributed by atoms with van der Waals surface area (Å²) in [7, 11) is 0. The first-order valence-corrected chi connectivity index (χ1v) is 6.74. The van der Waals surface area contributed by atoms with Crippen LogP contribution in [0.2, 0.25) is 0 Å². The minimum atomic E-state index is -3.14. The van der Waals surface area contributed by atoms with E-state index >= 15 is 0 Å². The van der Waals surface area contributed by atoms with E-state index in [1.807, 2.05) is 0 Å². The fourth-order valence-electron chi connectivity index (χ4n) is 1.80. The van der Waals surface area contributed by atoms with Gasteiger partial charge in [0.2, 0.25) is 0 Å². The Morgan fingerprint density at radius 3 is 2.00 bits per heavy atom. The summed E-state index contributed by atoms with van der Waals surface area (Å²) < 4.78 is 25.8. The van der Waals surface area contributed by atoms with Crippen LogP contribution in [0.5, 0.6) is 0 Å². The van der Waals surface area contributed by atoms with Crippen molar-refractivity contribution in [2.75, 3.05) is 0 Å². The first-order chi connectivity index (χ1) is 8.04. The minimum absolute atomic E-state index is 0.161. The van der Waals surface area contributed by atoms with E-state index in [0.29, 0.717) is 12.5 Å². The summed E-state index contributed by atoms with van der Waals surface area (Å²) >= 11 is 0. The van der Waals surface area contributed by atoms with Crippen LogP contribution in [0.1, 0.15) is 64.7 Å². The molecule has 0 amide bonds. The molecule has 0 radical (unpaired) electrons. The number of hydrogen-bond acceptors (Lipinski definition) is 1. The molecule has 0 bridgehead atoms. The fraction of sp³-hybridized carbons (Fsp3) is 0.857. The second-order valence-electron chi connectivity index (χ2n) is 4.66. The third-order valence-electron chi connectivity index (χ3n) is 3.05. The van der Waals surface area contributed by atoms with Crippen molar-refractivity contribution in [2.45, 2.75) is 76.7 Å². The minimum Gasteiger partial charge on any atom is -0.386 e. The first kappa shape index (κ1) is 16.6. The maximum atomic E-state index is 12.9. The Bertz CT molecular complexity index is 193. The molecule has 0 aromatic heterocycles. The molecule has 1 unspecified atom stereocenters. The van der Waals surface area contributed by atoms with Gasteiger partial charge in [-0.25, -0.2) is 0 Å².